The van der Waals surface area contributed by atoms with E-state index in [0.717, 1.165) is 5.39 Å². The molecule has 0 aromatic carbocycles. The number of esters is 1. The third kappa shape index (κ3) is 1.85. The lowest BCUT2D eigenvalue weighted by atomic mass is 10.2. The Hall–Kier alpha value is -2.69. The number of pyridine rings is 2. The molecule has 0 N–H and O–H groups in total. The van der Waals surface area contributed by atoms with Gasteiger partial charge in [-0.25, -0.2) is 14.8 Å². The van der Waals surface area contributed by atoms with Crippen molar-refractivity contribution in [1.82, 2.24) is 14.5 Å². The molecule has 0 unspecified atom stereocenters. The van der Waals surface area contributed by atoms with Gasteiger partial charge in [0.2, 0.25) is 0 Å². The molecule has 0 saturated heterocycles. The summed E-state index contributed by atoms with van der Waals surface area (Å²) >= 11 is 0. The van der Waals surface area contributed by atoms with Crippen molar-refractivity contribution in [2.75, 3.05) is 7.11 Å². The van der Waals surface area contributed by atoms with Gasteiger partial charge in [0.05, 0.1) is 12.7 Å². The van der Waals surface area contributed by atoms with Crippen LogP contribution in [0.3, 0.4) is 0 Å². The van der Waals surface area contributed by atoms with Crippen LogP contribution in [0, 0.1) is 0 Å². The highest BCUT2D eigenvalue weighted by Gasteiger charge is 2.17. The Kier molecular flexibility index (Phi) is 2.72. The number of carbonyl (C=O) groups excluding carboxylic acids is 1. The zero-order valence-electron chi connectivity index (χ0n) is 10.3. The van der Waals surface area contributed by atoms with Gasteiger partial charge in [0, 0.05) is 24.0 Å². The van der Waals surface area contributed by atoms with E-state index < -0.39 is 0 Å². The number of nitrogens with zero attached hydrogens (tertiary/aromatic N) is 3. The maximum atomic E-state index is 11.8. The molecule has 0 atom stereocenters. The molecule has 5 nitrogen and oxygen atoms in total. The van der Waals surface area contributed by atoms with Crippen molar-refractivity contribution in [3.63, 3.8) is 0 Å². The smallest absolute Gasteiger partial charge is 0.340 e. The highest BCUT2D eigenvalue weighted by molar-refractivity contribution is 6.03. The number of aromatic nitrogens is 3. The van der Waals surface area contributed by atoms with Crippen LogP contribution in [0.25, 0.3) is 16.9 Å². The molecule has 0 aliphatic rings. The summed E-state index contributed by atoms with van der Waals surface area (Å²) in [6.45, 7) is 0. The first-order chi connectivity index (χ1) is 9.31. The first-order valence-corrected chi connectivity index (χ1v) is 5.77. The Morgan fingerprint density at radius 3 is 2.74 bits per heavy atom. The zero-order valence-corrected chi connectivity index (χ0v) is 10.3. The SMILES string of the molecule is COC(=O)c1cn(-c2ccccn2)c2ncccc12. The van der Waals surface area contributed by atoms with Crippen molar-refractivity contribution < 1.29 is 9.53 Å². The second-order valence-electron chi connectivity index (χ2n) is 3.97. The predicted molar refractivity (Wildman–Crippen MR) is 70.2 cm³/mol. The van der Waals surface area contributed by atoms with Gasteiger partial charge in [0.1, 0.15) is 11.5 Å². The maximum absolute atomic E-state index is 11.8. The number of fused-ring (bicyclic) bond motifs is 1. The summed E-state index contributed by atoms with van der Waals surface area (Å²) in [5.41, 5.74) is 1.16. The van der Waals surface area contributed by atoms with E-state index in [1.54, 1.807) is 29.2 Å². The molecule has 0 saturated carbocycles. The van der Waals surface area contributed by atoms with E-state index in [2.05, 4.69) is 9.97 Å². The lowest BCUT2D eigenvalue weighted by molar-refractivity contribution is 0.0603. The Morgan fingerprint density at radius 2 is 2.00 bits per heavy atom. The number of hydrogen-bond acceptors (Lipinski definition) is 4. The van der Waals surface area contributed by atoms with Crippen LogP contribution in [0.5, 0.6) is 0 Å². The summed E-state index contributed by atoms with van der Waals surface area (Å²) in [6, 6.07) is 9.21. The molecular formula is C14H11N3O2. The average Bonchev–Trinajstić information content (AvgIpc) is 2.87. The van der Waals surface area contributed by atoms with Crippen LogP contribution in [-0.2, 0) is 4.74 Å². The van der Waals surface area contributed by atoms with E-state index in [1.165, 1.54) is 7.11 Å². The molecule has 19 heavy (non-hydrogen) atoms. The average molecular weight is 253 g/mol. The number of ether oxygens (including phenoxy) is 1. The molecule has 0 bridgehead atoms. The highest BCUT2D eigenvalue weighted by Crippen LogP contribution is 2.22. The number of rotatable bonds is 2. The normalized spacial score (nSPS) is 10.6. The summed E-state index contributed by atoms with van der Waals surface area (Å²) < 4.78 is 6.57. The molecule has 3 aromatic heterocycles. The van der Waals surface area contributed by atoms with Gasteiger partial charge in [0.25, 0.3) is 0 Å². The summed E-state index contributed by atoms with van der Waals surface area (Å²) in [6.07, 6.45) is 5.08. The molecule has 0 aliphatic heterocycles. The lowest BCUT2D eigenvalue weighted by Gasteiger charge is -2.01. The van der Waals surface area contributed by atoms with Crippen molar-refractivity contribution >= 4 is 17.0 Å². The summed E-state index contributed by atoms with van der Waals surface area (Å²) in [5, 5.41) is 0.750. The van der Waals surface area contributed by atoms with Crippen LogP contribution < -0.4 is 0 Å². The van der Waals surface area contributed by atoms with E-state index >= 15 is 0 Å². The fraction of sp³-hybridized carbons (Fsp3) is 0.0714. The number of carbonyl (C=O) groups is 1. The molecule has 0 radical (unpaired) electrons. The van der Waals surface area contributed by atoms with Gasteiger partial charge in [0.15, 0.2) is 0 Å². The van der Waals surface area contributed by atoms with Crippen LogP contribution in [0.2, 0.25) is 0 Å². The number of hydrogen-bond donors (Lipinski definition) is 0. The standard InChI is InChI=1S/C14H11N3O2/c1-19-14(18)11-9-17(12-6-2-3-7-15-12)13-10(11)5-4-8-16-13/h2-9H,1H3. The van der Waals surface area contributed by atoms with Gasteiger partial charge in [-0.3, -0.25) is 4.57 Å². The van der Waals surface area contributed by atoms with Crippen LogP contribution in [0.15, 0.2) is 48.9 Å². The van der Waals surface area contributed by atoms with Gasteiger partial charge in [-0.2, -0.15) is 0 Å². The largest absolute Gasteiger partial charge is 0.465 e. The van der Waals surface area contributed by atoms with E-state index in [4.69, 9.17) is 4.74 Å². The highest BCUT2D eigenvalue weighted by atomic mass is 16.5. The third-order valence-electron chi connectivity index (χ3n) is 2.86. The van der Waals surface area contributed by atoms with Crippen molar-refractivity contribution in [2.45, 2.75) is 0 Å². The van der Waals surface area contributed by atoms with Crippen molar-refractivity contribution in [2.24, 2.45) is 0 Å². The first-order valence-electron chi connectivity index (χ1n) is 5.77. The van der Waals surface area contributed by atoms with Gasteiger partial charge in [-0.1, -0.05) is 6.07 Å². The number of methoxy groups -OCH3 is 1. The van der Waals surface area contributed by atoms with Gasteiger partial charge >= 0.3 is 5.97 Å². The molecule has 3 heterocycles. The van der Waals surface area contributed by atoms with Crippen LogP contribution in [0.1, 0.15) is 10.4 Å². The topological polar surface area (TPSA) is 57.0 Å². The third-order valence-corrected chi connectivity index (χ3v) is 2.86. The lowest BCUT2D eigenvalue weighted by Crippen LogP contribution is -2.00. The van der Waals surface area contributed by atoms with Crippen molar-refractivity contribution in [3.8, 4) is 5.82 Å². The monoisotopic (exact) mass is 253 g/mol. The van der Waals surface area contributed by atoms with Gasteiger partial charge < -0.3 is 4.74 Å². The molecule has 0 amide bonds. The van der Waals surface area contributed by atoms with E-state index in [-0.39, 0.29) is 5.97 Å². The molecular weight excluding hydrogens is 242 g/mol. The molecule has 0 spiro atoms. The minimum atomic E-state index is -0.382. The summed E-state index contributed by atoms with van der Waals surface area (Å²) in [4.78, 5) is 20.4. The Bertz CT molecular complexity index is 735. The minimum absolute atomic E-state index is 0.382. The van der Waals surface area contributed by atoms with Crippen LogP contribution in [0.4, 0.5) is 0 Å². The molecule has 3 aromatic rings. The fourth-order valence-corrected chi connectivity index (χ4v) is 2.00. The van der Waals surface area contributed by atoms with E-state index in [1.807, 2.05) is 24.3 Å². The summed E-state index contributed by atoms with van der Waals surface area (Å²) in [5.74, 6) is 0.328. The van der Waals surface area contributed by atoms with Crippen LogP contribution in [-0.4, -0.2) is 27.6 Å². The molecule has 0 fully saturated rings. The Morgan fingerprint density at radius 1 is 1.16 bits per heavy atom. The quantitative estimate of drug-likeness (QED) is 0.657. The molecule has 5 heteroatoms. The van der Waals surface area contributed by atoms with Crippen molar-refractivity contribution in [3.05, 3.63) is 54.5 Å². The zero-order chi connectivity index (χ0) is 13.2. The fourth-order valence-electron chi connectivity index (χ4n) is 2.00. The van der Waals surface area contributed by atoms with Crippen molar-refractivity contribution in [1.29, 1.82) is 0 Å². The summed E-state index contributed by atoms with van der Waals surface area (Å²) in [7, 11) is 1.36. The molecule has 0 aliphatic carbocycles. The Balaban J connectivity index is 2.29. The van der Waals surface area contributed by atoms with Gasteiger partial charge in [-0.05, 0) is 24.3 Å². The second kappa shape index (κ2) is 4.53. The maximum Gasteiger partial charge on any atom is 0.340 e. The van der Waals surface area contributed by atoms with E-state index in [0.29, 0.717) is 17.0 Å². The minimum Gasteiger partial charge on any atom is -0.465 e. The predicted octanol–water partition coefficient (Wildman–Crippen LogP) is 2.21. The van der Waals surface area contributed by atoms with Gasteiger partial charge in [-0.15, -0.1) is 0 Å². The van der Waals surface area contributed by atoms with E-state index in [9.17, 15) is 4.79 Å². The first kappa shape index (κ1) is 11.4. The second-order valence-corrected chi connectivity index (χ2v) is 3.97. The Labute approximate surface area is 109 Å². The molecule has 3 rings (SSSR count). The molecule has 94 valence electrons. The van der Waals surface area contributed by atoms with Crippen LogP contribution >= 0.6 is 0 Å².